The second kappa shape index (κ2) is 5.57. The molecule has 0 bridgehead atoms. The highest BCUT2D eigenvalue weighted by molar-refractivity contribution is 7.60. The van der Waals surface area contributed by atoms with Crippen LogP contribution in [0.1, 0.15) is 13.3 Å². The van der Waals surface area contributed by atoms with Gasteiger partial charge in [0.05, 0.1) is 12.9 Å². The highest BCUT2D eigenvalue weighted by Gasteiger charge is 2.25. The first-order chi connectivity index (χ1) is 9.02. The second-order valence-electron chi connectivity index (χ2n) is 3.89. The molecule has 2 aromatic heterocycles. The molecular formula is C12H14NO5P. The maximum Gasteiger partial charge on any atom is 0.360 e. The summed E-state index contributed by atoms with van der Waals surface area (Å²) in [5.41, 5.74) is 0.330. The minimum atomic E-state index is -4.38. The van der Waals surface area contributed by atoms with E-state index in [2.05, 4.69) is 4.98 Å². The van der Waals surface area contributed by atoms with Crippen LogP contribution in [-0.2, 0) is 4.57 Å². The molecule has 102 valence electrons. The molecule has 0 saturated heterocycles. The summed E-state index contributed by atoms with van der Waals surface area (Å²) < 4.78 is 21.8. The molecule has 0 aliphatic heterocycles. The zero-order chi connectivity index (χ0) is 13.9. The normalized spacial score (nSPS) is 11.5. The summed E-state index contributed by atoms with van der Waals surface area (Å²) in [6, 6.07) is 6.23. The topological polar surface area (TPSA) is 92.8 Å². The Morgan fingerprint density at radius 2 is 2.16 bits per heavy atom. The molecule has 19 heavy (non-hydrogen) atoms. The average Bonchev–Trinajstić information content (AvgIpc) is 2.86. The molecule has 0 fully saturated rings. The Balaban J connectivity index is 2.37. The lowest BCUT2D eigenvalue weighted by molar-refractivity contribution is 0.305. The van der Waals surface area contributed by atoms with Crippen LogP contribution in [0.25, 0.3) is 11.5 Å². The fourth-order valence-electron chi connectivity index (χ4n) is 1.55. The van der Waals surface area contributed by atoms with Crippen molar-refractivity contribution in [2.75, 3.05) is 6.61 Å². The Labute approximate surface area is 110 Å². The van der Waals surface area contributed by atoms with Crippen molar-refractivity contribution < 1.29 is 23.5 Å². The molecule has 2 heterocycles. The summed E-state index contributed by atoms with van der Waals surface area (Å²) in [4.78, 5) is 22.6. The van der Waals surface area contributed by atoms with Crippen molar-refractivity contribution in [1.82, 2.24) is 4.98 Å². The first-order valence-electron chi connectivity index (χ1n) is 5.76. The zero-order valence-electron chi connectivity index (χ0n) is 10.3. The number of pyridine rings is 1. The van der Waals surface area contributed by atoms with E-state index in [1.165, 1.54) is 12.3 Å². The van der Waals surface area contributed by atoms with Gasteiger partial charge in [0.1, 0.15) is 11.0 Å². The van der Waals surface area contributed by atoms with Gasteiger partial charge in [-0.15, -0.1) is 0 Å². The fraction of sp³-hybridized carbons (Fsp3) is 0.250. The third-order valence-electron chi connectivity index (χ3n) is 2.37. The van der Waals surface area contributed by atoms with E-state index >= 15 is 0 Å². The van der Waals surface area contributed by atoms with E-state index in [1.807, 2.05) is 6.92 Å². The van der Waals surface area contributed by atoms with Crippen LogP contribution >= 0.6 is 7.60 Å². The lowest BCUT2D eigenvalue weighted by Crippen LogP contribution is -2.05. The number of nitrogens with zero attached hydrogens (tertiary/aromatic N) is 1. The number of aromatic nitrogens is 1. The highest BCUT2D eigenvalue weighted by Crippen LogP contribution is 2.38. The molecule has 0 saturated carbocycles. The van der Waals surface area contributed by atoms with E-state index in [-0.39, 0.29) is 11.1 Å². The minimum absolute atomic E-state index is 0.0651. The lowest BCUT2D eigenvalue weighted by atomic mass is 10.3. The molecule has 0 aliphatic carbocycles. The van der Waals surface area contributed by atoms with E-state index in [0.717, 1.165) is 6.42 Å². The van der Waals surface area contributed by atoms with Crippen LogP contribution < -0.4 is 10.0 Å². The highest BCUT2D eigenvalue weighted by atomic mass is 31.2. The summed E-state index contributed by atoms with van der Waals surface area (Å²) in [6.45, 7) is 2.50. The fourth-order valence-corrected chi connectivity index (χ4v) is 2.24. The predicted molar refractivity (Wildman–Crippen MR) is 69.4 cm³/mol. The number of ether oxygens (including phenoxy) is 1. The van der Waals surface area contributed by atoms with Gasteiger partial charge in [-0.2, -0.15) is 0 Å². The molecule has 0 amide bonds. The maximum absolute atomic E-state index is 11.3. The van der Waals surface area contributed by atoms with Gasteiger partial charge in [0, 0.05) is 6.07 Å². The third kappa shape index (κ3) is 3.23. The predicted octanol–water partition coefficient (Wildman–Crippen LogP) is 1.93. The lowest BCUT2D eigenvalue weighted by Gasteiger charge is -2.06. The molecule has 0 aliphatic rings. The van der Waals surface area contributed by atoms with Gasteiger partial charge in [0.15, 0.2) is 5.76 Å². The molecule has 0 spiro atoms. The van der Waals surface area contributed by atoms with Gasteiger partial charge in [-0.25, -0.2) is 4.98 Å². The van der Waals surface area contributed by atoms with Gasteiger partial charge < -0.3 is 18.9 Å². The Hall–Kier alpha value is -1.62. The van der Waals surface area contributed by atoms with Crippen molar-refractivity contribution >= 4 is 12.9 Å². The Morgan fingerprint density at radius 3 is 2.84 bits per heavy atom. The first-order valence-corrected chi connectivity index (χ1v) is 7.37. The number of hydrogen-bond acceptors (Lipinski definition) is 4. The zero-order valence-corrected chi connectivity index (χ0v) is 11.2. The van der Waals surface area contributed by atoms with Crippen LogP contribution in [0.15, 0.2) is 34.9 Å². The number of rotatable bonds is 5. The van der Waals surface area contributed by atoms with Gasteiger partial charge in [-0.3, -0.25) is 4.57 Å². The quantitative estimate of drug-likeness (QED) is 0.814. The van der Waals surface area contributed by atoms with Crippen molar-refractivity contribution in [3.63, 3.8) is 0 Å². The van der Waals surface area contributed by atoms with E-state index < -0.39 is 7.60 Å². The molecule has 0 aromatic carbocycles. The monoisotopic (exact) mass is 283 g/mol. The maximum atomic E-state index is 11.3. The summed E-state index contributed by atoms with van der Waals surface area (Å²) in [5, 5.41) is -0.173. The minimum Gasteiger partial charge on any atom is -0.478 e. The Bertz CT molecular complexity index is 604. The first kappa shape index (κ1) is 13.8. The molecule has 0 atom stereocenters. The molecule has 2 rings (SSSR count). The third-order valence-corrected chi connectivity index (χ3v) is 3.35. The van der Waals surface area contributed by atoms with Crippen LogP contribution in [0.2, 0.25) is 0 Å². The van der Waals surface area contributed by atoms with Crippen LogP contribution in [-0.4, -0.2) is 21.4 Å². The van der Waals surface area contributed by atoms with E-state index in [4.69, 9.17) is 9.15 Å². The van der Waals surface area contributed by atoms with Crippen LogP contribution in [0, 0.1) is 0 Å². The van der Waals surface area contributed by atoms with Crippen molar-refractivity contribution in [2.24, 2.45) is 0 Å². The standard InChI is InChI=1S/C12H14NO5P/c1-2-7-17-11-5-3-4-9(13-11)12-10(6-8-18-12)19(14,15)16/h3-6,8H,2,7H2,1H3,(H2,14,15,16). The smallest absolute Gasteiger partial charge is 0.360 e. The second-order valence-corrected chi connectivity index (χ2v) is 5.46. The Morgan fingerprint density at radius 1 is 1.37 bits per heavy atom. The molecule has 7 heteroatoms. The van der Waals surface area contributed by atoms with Gasteiger partial charge in [-0.05, 0) is 18.6 Å². The van der Waals surface area contributed by atoms with Crippen molar-refractivity contribution in [3.8, 4) is 17.3 Å². The van der Waals surface area contributed by atoms with Gasteiger partial charge in [-0.1, -0.05) is 13.0 Å². The van der Waals surface area contributed by atoms with Crippen molar-refractivity contribution in [1.29, 1.82) is 0 Å². The molecule has 0 radical (unpaired) electrons. The van der Waals surface area contributed by atoms with Crippen LogP contribution in [0.3, 0.4) is 0 Å². The number of hydrogen-bond donors (Lipinski definition) is 2. The SMILES string of the molecule is CCCOc1cccc(-c2occc2P(=O)(O)O)n1. The number of furan rings is 1. The summed E-state index contributed by atoms with van der Waals surface area (Å²) >= 11 is 0. The summed E-state index contributed by atoms with van der Waals surface area (Å²) in [6.07, 6.45) is 2.07. The molecular weight excluding hydrogens is 269 g/mol. The van der Waals surface area contributed by atoms with E-state index in [0.29, 0.717) is 18.2 Å². The molecule has 2 aromatic rings. The van der Waals surface area contributed by atoms with E-state index in [9.17, 15) is 14.4 Å². The van der Waals surface area contributed by atoms with Crippen molar-refractivity contribution in [2.45, 2.75) is 13.3 Å². The molecule has 6 nitrogen and oxygen atoms in total. The summed E-state index contributed by atoms with van der Waals surface area (Å²) in [5.74, 6) is 0.461. The van der Waals surface area contributed by atoms with Crippen LogP contribution in [0.5, 0.6) is 5.88 Å². The van der Waals surface area contributed by atoms with Gasteiger partial charge >= 0.3 is 7.60 Å². The molecule has 2 N–H and O–H groups in total. The summed E-state index contributed by atoms with van der Waals surface area (Å²) in [7, 11) is -4.38. The van der Waals surface area contributed by atoms with Crippen LogP contribution in [0.4, 0.5) is 0 Å². The Kier molecular flexibility index (Phi) is 4.04. The largest absolute Gasteiger partial charge is 0.478 e. The van der Waals surface area contributed by atoms with Gasteiger partial charge in [0.25, 0.3) is 0 Å². The molecule has 0 unspecified atom stereocenters. The van der Waals surface area contributed by atoms with Gasteiger partial charge in [0.2, 0.25) is 5.88 Å². The average molecular weight is 283 g/mol. The van der Waals surface area contributed by atoms with E-state index in [1.54, 1.807) is 18.2 Å². The van der Waals surface area contributed by atoms with Crippen molar-refractivity contribution in [3.05, 3.63) is 30.5 Å².